The zero-order valence-electron chi connectivity index (χ0n) is 13.6. The van der Waals surface area contributed by atoms with Crippen LogP contribution in [0.15, 0.2) is 24.3 Å². The molecule has 1 aromatic rings. The molecular formula is C16H19ClF2N2O4. The van der Waals surface area contributed by atoms with Gasteiger partial charge in [-0.2, -0.15) is 8.78 Å². The van der Waals surface area contributed by atoms with Crippen LogP contribution in [0.3, 0.4) is 0 Å². The maximum absolute atomic E-state index is 14.1. The highest BCUT2D eigenvalue weighted by Crippen LogP contribution is 2.32. The van der Waals surface area contributed by atoms with Crippen LogP contribution in [0.1, 0.15) is 12.0 Å². The minimum Gasteiger partial charge on any atom is -0.481 e. The predicted molar refractivity (Wildman–Crippen MR) is 86.9 cm³/mol. The minimum atomic E-state index is -3.27. The normalized spacial score (nSPS) is 20.6. The molecule has 1 atom stereocenters. The second-order valence-electron chi connectivity index (χ2n) is 6.06. The van der Waals surface area contributed by atoms with Crippen LogP contribution in [-0.2, 0) is 15.5 Å². The molecule has 9 heteroatoms. The number of carbonyl (C=O) groups excluding carboxylic acids is 1. The number of carbonyl (C=O) groups is 2. The summed E-state index contributed by atoms with van der Waals surface area (Å²) >= 11 is 5.67. The monoisotopic (exact) mass is 376 g/mol. The van der Waals surface area contributed by atoms with Crippen molar-refractivity contribution in [2.45, 2.75) is 12.3 Å². The third-order valence-corrected chi connectivity index (χ3v) is 4.50. The Kier molecular flexibility index (Phi) is 5.84. The van der Waals surface area contributed by atoms with Gasteiger partial charge in [0.15, 0.2) is 0 Å². The highest BCUT2D eigenvalue weighted by molar-refractivity contribution is 6.30. The molecule has 0 aromatic heterocycles. The predicted octanol–water partition coefficient (Wildman–Crippen LogP) is 2.56. The van der Waals surface area contributed by atoms with Crippen LogP contribution in [0.25, 0.3) is 0 Å². The quantitative estimate of drug-likeness (QED) is 0.799. The molecule has 1 heterocycles. The van der Waals surface area contributed by atoms with E-state index in [0.717, 1.165) is 0 Å². The van der Waals surface area contributed by atoms with E-state index in [1.54, 1.807) is 0 Å². The number of likely N-dealkylation sites (tertiary alicyclic amines) is 1. The first-order chi connectivity index (χ1) is 11.7. The average Bonchev–Trinajstić information content (AvgIpc) is 2.99. The van der Waals surface area contributed by atoms with Crippen LogP contribution in [-0.4, -0.2) is 55.4 Å². The van der Waals surface area contributed by atoms with Crippen LogP contribution in [0, 0.1) is 5.41 Å². The number of alkyl halides is 2. The Morgan fingerprint density at radius 2 is 2.04 bits per heavy atom. The van der Waals surface area contributed by atoms with Gasteiger partial charge < -0.3 is 20.1 Å². The number of methoxy groups -OCH3 is 1. The molecule has 25 heavy (non-hydrogen) atoms. The lowest BCUT2D eigenvalue weighted by molar-refractivity contribution is -0.151. The lowest BCUT2D eigenvalue weighted by Gasteiger charge is -2.25. The van der Waals surface area contributed by atoms with Crippen molar-refractivity contribution < 1.29 is 28.2 Å². The molecule has 0 spiro atoms. The zero-order valence-corrected chi connectivity index (χ0v) is 14.4. The molecule has 1 aliphatic rings. The molecule has 6 nitrogen and oxygen atoms in total. The first-order valence-electron chi connectivity index (χ1n) is 7.59. The summed E-state index contributed by atoms with van der Waals surface area (Å²) in [6, 6.07) is 4.35. The van der Waals surface area contributed by atoms with Gasteiger partial charge in [0.2, 0.25) is 0 Å². The molecule has 1 saturated heterocycles. The Morgan fingerprint density at radius 1 is 1.40 bits per heavy atom. The van der Waals surface area contributed by atoms with Crippen molar-refractivity contribution in [2.75, 3.05) is 33.4 Å². The average molecular weight is 377 g/mol. The first-order valence-corrected chi connectivity index (χ1v) is 7.97. The lowest BCUT2D eigenvalue weighted by Crippen LogP contribution is -2.45. The number of nitrogens with zero attached hydrogens (tertiary/aromatic N) is 1. The van der Waals surface area contributed by atoms with E-state index in [-0.39, 0.29) is 31.7 Å². The Balaban J connectivity index is 1.96. The van der Waals surface area contributed by atoms with Crippen molar-refractivity contribution in [1.82, 2.24) is 10.2 Å². The molecule has 0 bridgehead atoms. The second-order valence-corrected chi connectivity index (χ2v) is 6.50. The van der Waals surface area contributed by atoms with Gasteiger partial charge in [-0.15, -0.1) is 0 Å². The van der Waals surface area contributed by atoms with Crippen LogP contribution in [0.4, 0.5) is 13.6 Å². The van der Waals surface area contributed by atoms with Crippen molar-refractivity contribution in [3.05, 3.63) is 34.9 Å². The number of ether oxygens (including phenoxy) is 1. The van der Waals surface area contributed by atoms with Gasteiger partial charge in [0.25, 0.3) is 5.92 Å². The third-order valence-electron chi connectivity index (χ3n) is 4.24. The molecule has 0 radical (unpaired) electrons. The van der Waals surface area contributed by atoms with E-state index in [2.05, 4.69) is 5.32 Å². The maximum Gasteiger partial charge on any atom is 0.317 e. The number of benzene rings is 1. The highest BCUT2D eigenvalue weighted by atomic mass is 35.5. The molecule has 1 fully saturated rings. The number of urea groups is 1. The minimum absolute atomic E-state index is 0.0486. The number of hydrogen-bond acceptors (Lipinski definition) is 3. The van der Waals surface area contributed by atoms with Gasteiger partial charge in [-0.3, -0.25) is 4.79 Å². The van der Waals surface area contributed by atoms with Crippen molar-refractivity contribution >= 4 is 23.6 Å². The molecule has 0 aliphatic carbocycles. The van der Waals surface area contributed by atoms with Gasteiger partial charge in [0.1, 0.15) is 5.41 Å². The number of carboxylic acid groups (broad SMARTS) is 1. The molecule has 1 unspecified atom stereocenters. The molecular weight excluding hydrogens is 358 g/mol. The van der Waals surface area contributed by atoms with E-state index in [9.17, 15) is 23.5 Å². The van der Waals surface area contributed by atoms with Crippen LogP contribution in [0.5, 0.6) is 0 Å². The number of hydrogen-bond donors (Lipinski definition) is 2. The summed E-state index contributed by atoms with van der Waals surface area (Å²) < 4.78 is 33.2. The van der Waals surface area contributed by atoms with E-state index in [1.807, 2.05) is 0 Å². The smallest absolute Gasteiger partial charge is 0.317 e. The third kappa shape index (κ3) is 4.38. The molecule has 1 aromatic carbocycles. The SMILES string of the molecule is COCC1(C(=O)O)CCN(C(=O)NCC(F)(F)c2ccc(Cl)cc2)C1. The van der Waals surface area contributed by atoms with Gasteiger partial charge >= 0.3 is 12.0 Å². The van der Waals surface area contributed by atoms with Gasteiger partial charge in [-0.05, 0) is 18.6 Å². The van der Waals surface area contributed by atoms with Crippen LogP contribution in [0.2, 0.25) is 5.02 Å². The lowest BCUT2D eigenvalue weighted by atomic mass is 9.88. The number of amides is 2. The summed E-state index contributed by atoms with van der Waals surface area (Å²) in [5.41, 5.74) is -1.47. The fourth-order valence-corrected chi connectivity index (χ4v) is 2.90. The number of aliphatic carboxylic acids is 1. The molecule has 2 N–H and O–H groups in total. The topological polar surface area (TPSA) is 78.9 Å². The second kappa shape index (κ2) is 7.53. The first kappa shape index (κ1) is 19.4. The van der Waals surface area contributed by atoms with Crippen molar-refractivity contribution in [3.8, 4) is 0 Å². The van der Waals surface area contributed by atoms with E-state index < -0.39 is 29.9 Å². The Bertz CT molecular complexity index is 642. The Hall–Kier alpha value is -1.93. The highest BCUT2D eigenvalue weighted by Gasteiger charge is 2.46. The van der Waals surface area contributed by atoms with Crippen LogP contribution < -0.4 is 5.32 Å². The van der Waals surface area contributed by atoms with Crippen molar-refractivity contribution in [2.24, 2.45) is 5.41 Å². The number of rotatable bonds is 6. The summed E-state index contributed by atoms with van der Waals surface area (Å²) in [6.45, 7) is -0.871. The van der Waals surface area contributed by atoms with E-state index in [1.165, 1.54) is 36.3 Å². The van der Waals surface area contributed by atoms with E-state index >= 15 is 0 Å². The summed E-state index contributed by atoms with van der Waals surface area (Å²) in [7, 11) is 1.38. The Labute approximate surface area is 148 Å². The molecule has 2 amide bonds. The summed E-state index contributed by atoms with van der Waals surface area (Å²) in [4.78, 5) is 24.8. The van der Waals surface area contributed by atoms with Gasteiger partial charge in [0, 0.05) is 30.8 Å². The fraction of sp³-hybridized carbons (Fsp3) is 0.500. The van der Waals surface area contributed by atoms with Gasteiger partial charge in [-0.25, -0.2) is 4.79 Å². The van der Waals surface area contributed by atoms with Gasteiger partial charge in [-0.1, -0.05) is 23.7 Å². The summed E-state index contributed by atoms with van der Waals surface area (Å²) in [5, 5.41) is 11.9. The Morgan fingerprint density at radius 3 is 2.60 bits per heavy atom. The molecule has 138 valence electrons. The number of halogens is 3. The number of nitrogens with one attached hydrogen (secondary N) is 1. The van der Waals surface area contributed by atoms with Crippen LogP contribution >= 0.6 is 11.6 Å². The zero-order chi connectivity index (χ0) is 18.7. The number of carboxylic acids is 1. The fourth-order valence-electron chi connectivity index (χ4n) is 2.77. The van der Waals surface area contributed by atoms with E-state index in [4.69, 9.17) is 16.3 Å². The van der Waals surface area contributed by atoms with Gasteiger partial charge in [0.05, 0.1) is 13.2 Å². The standard InChI is InChI=1S/C16H19ClF2N2O4/c1-25-10-15(13(22)23)6-7-21(9-15)14(24)20-8-16(18,19)11-2-4-12(17)5-3-11/h2-5H,6-10H2,1H3,(H,20,24)(H,22,23). The summed E-state index contributed by atoms with van der Waals surface area (Å²) in [6.07, 6.45) is 0.206. The maximum atomic E-state index is 14.1. The summed E-state index contributed by atoms with van der Waals surface area (Å²) in [5.74, 6) is -4.34. The molecule has 0 saturated carbocycles. The largest absolute Gasteiger partial charge is 0.481 e. The van der Waals surface area contributed by atoms with E-state index in [0.29, 0.717) is 5.02 Å². The van der Waals surface area contributed by atoms with Crippen molar-refractivity contribution in [1.29, 1.82) is 0 Å². The van der Waals surface area contributed by atoms with Crippen molar-refractivity contribution in [3.63, 3.8) is 0 Å². The molecule has 1 aliphatic heterocycles. The molecule has 2 rings (SSSR count).